The quantitative estimate of drug-likeness (QED) is 0.444. The molecule has 0 heterocycles. The van der Waals surface area contributed by atoms with Gasteiger partial charge in [0.05, 0.1) is 5.69 Å². The summed E-state index contributed by atoms with van der Waals surface area (Å²) in [5.74, 6) is 0.490. The number of para-hydroxylation sites is 3. The molecule has 0 amide bonds. The van der Waals surface area contributed by atoms with Crippen LogP contribution in [0.1, 0.15) is 16.7 Å². The van der Waals surface area contributed by atoms with Crippen molar-refractivity contribution in [3.63, 3.8) is 0 Å². The zero-order chi connectivity index (χ0) is 21.6. The third-order valence-corrected chi connectivity index (χ3v) is 4.88. The van der Waals surface area contributed by atoms with Crippen LogP contribution in [0.25, 0.3) is 12.2 Å². The van der Waals surface area contributed by atoms with Crippen LogP contribution in [0.15, 0.2) is 96.0 Å². The summed E-state index contributed by atoms with van der Waals surface area (Å²) in [7, 11) is 0. The smallest absolute Gasteiger partial charge is 0.124 e. The maximum absolute atomic E-state index is 10.3. The van der Waals surface area contributed by atoms with Crippen LogP contribution in [0.2, 0.25) is 0 Å². The van der Waals surface area contributed by atoms with Gasteiger partial charge in [-0.15, -0.1) is 0 Å². The molecule has 0 aliphatic carbocycles. The Morgan fingerprint density at radius 1 is 0.516 bits per heavy atom. The first-order chi connectivity index (χ1) is 15.1. The van der Waals surface area contributed by atoms with E-state index in [2.05, 4.69) is 4.99 Å². The van der Waals surface area contributed by atoms with Crippen LogP contribution in [0.5, 0.6) is 17.2 Å². The Kier molecular flexibility index (Phi) is 5.81. The Bertz CT molecular complexity index is 1370. The van der Waals surface area contributed by atoms with Gasteiger partial charge >= 0.3 is 0 Å². The molecule has 0 fully saturated rings. The zero-order valence-corrected chi connectivity index (χ0v) is 16.7. The topological polar surface area (TPSA) is 73.1 Å². The number of benzene rings is 4. The summed E-state index contributed by atoms with van der Waals surface area (Å²) >= 11 is 0. The van der Waals surface area contributed by atoms with Gasteiger partial charge in [0.15, 0.2) is 0 Å². The van der Waals surface area contributed by atoms with E-state index in [4.69, 9.17) is 0 Å². The predicted molar refractivity (Wildman–Crippen MR) is 124 cm³/mol. The van der Waals surface area contributed by atoms with E-state index in [1.54, 1.807) is 48.7 Å². The minimum absolute atomic E-state index is 0.148. The first-order valence-electron chi connectivity index (χ1n) is 9.82. The largest absolute Gasteiger partial charge is 0.507 e. The van der Waals surface area contributed by atoms with Crippen LogP contribution in [0.3, 0.4) is 0 Å². The number of phenols is 3. The van der Waals surface area contributed by atoms with Crippen LogP contribution in [-0.2, 0) is 0 Å². The second-order valence-corrected chi connectivity index (χ2v) is 7.00. The van der Waals surface area contributed by atoms with Crippen LogP contribution in [-0.4, -0.2) is 21.5 Å². The van der Waals surface area contributed by atoms with Gasteiger partial charge in [0, 0.05) is 28.1 Å². The van der Waals surface area contributed by atoms with E-state index in [-0.39, 0.29) is 17.2 Å². The summed E-state index contributed by atoms with van der Waals surface area (Å²) in [5, 5.41) is 32.1. The monoisotopic (exact) mass is 407 g/mol. The lowest BCUT2D eigenvalue weighted by Gasteiger charge is -2.03. The Morgan fingerprint density at radius 2 is 1.03 bits per heavy atom. The highest BCUT2D eigenvalue weighted by Gasteiger charge is 2.02. The van der Waals surface area contributed by atoms with Gasteiger partial charge in [-0.2, -0.15) is 0 Å². The molecule has 3 N–H and O–H groups in total. The van der Waals surface area contributed by atoms with E-state index in [0.29, 0.717) is 22.4 Å². The molecule has 0 spiro atoms. The molecule has 0 bridgehead atoms. The molecular formula is C27H21NO3. The Morgan fingerprint density at radius 3 is 1.61 bits per heavy atom. The molecule has 0 aliphatic rings. The van der Waals surface area contributed by atoms with E-state index in [9.17, 15) is 15.3 Å². The van der Waals surface area contributed by atoms with Crippen molar-refractivity contribution >= 4 is 24.1 Å². The van der Waals surface area contributed by atoms with Crippen molar-refractivity contribution in [2.24, 2.45) is 4.99 Å². The molecule has 4 heteroatoms. The molecule has 0 saturated carbocycles. The van der Waals surface area contributed by atoms with E-state index in [1.807, 2.05) is 60.7 Å². The van der Waals surface area contributed by atoms with Crippen LogP contribution < -0.4 is 10.4 Å². The molecular weight excluding hydrogens is 386 g/mol. The summed E-state index contributed by atoms with van der Waals surface area (Å²) in [6.07, 6.45) is 5.34. The van der Waals surface area contributed by atoms with E-state index >= 15 is 0 Å². The lowest BCUT2D eigenvalue weighted by atomic mass is 10.1. The van der Waals surface area contributed by atoms with Crippen molar-refractivity contribution in [2.45, 2.75) is 0 Å². The SMILES string of the molecule is Oc1ccccc1C=Nc1cccc(=Cc2ccccc2O)c1=Cc1ccccc1O. The van der Waals surface area contributed by atoms with Crippen molar-refractivity contribution < 1.29 is 15.3 Å². The van der Waals surface area contributed by atoms with Gasteiger partial charge in [-0.3, -0.25) is 4.99 Å². The van der Waals surface area contributed by atoms with E-state index in [1.165, 1.54) is 0 Å². The third-order valence-electron chi connectivity index (χ3n) is 4.88. The average Bonchev–Trinajstić information content (AvgIpc) is 2.78. The number of hydrogen-bond acceptors (Lipinski definition) is 4. The lowest BCUT2D eigenvalue weighted by molar-refractivity contribution is 0.473. The van der Waals surface area contributed by atoms with Crippen molar-refractivity contribution in [2.75, 3.05) is 0 Å². The molecule has 4 aromatic rings. The summed E-state index contributed by atoms with van der Waals surface area (Å²) in [5.41, 5.74) is 2.60. The Balaban J connectivity index is 1.95. The maximum Gasteiger partial charge on any atom is 0.124 e. The Labute approximate surface area is 180 Å². The highest BCUT2D eigenvalue weighted by atomic mass is 16.3. The molecule has 4 rings (SSSR count). The predicted octanol–water partition coefficient (Wildman–Crippen LogP) is 4.21. The van der Waals surface area contributed by atoms with E-state index < -0.39 is 0 Å². The molecule has 31 heavy (non-hydrogen) atoms. The highest BCUT2D eigenvalue weighted by Crippen LogP contribution is 2.18. The minimum atomic E-state index is 0.148. The van der Waals surface area contributed by atoms with Crippen LogP contribution in [0, 0.1) is 0 Å². The number of aromatic hydroxyl groups is 3. The standard InChI is InChI=1S/C27H21NO3/c29-25-13-4-1-8-20(25)16-19-11-7-12-24(28-18-22-10-3-6-15-27(22)31)23(19)17-21-9-2-5-14-26(21)30/h1-18,29-31H. The summed E-state index contributed by atoms with van der Waals surface area (Å²) in [6, 6.07) is 26.8. The normalized spacial score (nSPS) is 12.5. The van der Waals surface area contributed by atoms with Gasteiger partial charge in [-0.05, 0) is 47.7 Å². The van der Waals surface area contributed by atoms with E-state index in [0.717, 1.165) is 10.4 Å². The van der Waals surface area contributed by atoms with Gasteiger partial charge in [-0.1, -0.05) is 60.7 Å². The molecule has 152 valence electrons. The van der Waals surface area contributed by atoms with Crippen molar-refractivity contribution in [1.82, 2.24) is 0 Å². The fraction of sp³-hybridized carbons (Fsp3) is 0. The van der Waals surface area contributed by atoms with Crippen LogP contribution in [0.4, 0.5) is 5.69 Å². The van der Waals surface area contributed by atoms with Gasteiger partial charge < -0.3 is 15.3 Å². The molecule has 0 atom stereocenters. The molecule has 0 unspecified atom stereocenters. The second kappa shape index (κ2) is 9.01. The first kappa shape index (κ1) is 20.0. The number of hydrogen-bond donors (Lipinski definition) is 3. The highest BCUT2D eigenvalue weighted by molar-refractivity contribution is 5.85. The number of rotatable bonds is 4. The van der Waals surface area contributed by atoms with Crippen molar-refractivity contribution in [1.29, 1.82) is 0 Å². The number of aliphatic imine (C=N–C) groups is 1. The fourth-order valence-corrected chi connectivity index (χ4v) is 3.24. The molecule has 4 aromatic carbocycles. The lowest BCUT2D eigenvalue weighted by Crippen LogP contribution is -2.25. The molecule has 0 radical (unpaired) electrons. The molecule has 0 aromatic heterocycles. The first-order valence-corrected chi connectivity index (χ1v) is 9.82. The second-order valence-electron chi connectivity index (χ2n) is 7.00. The summed E-state index contributed by atoms with van der Waals surface area (Å²) in [4.78, 5) is 4.61. The summed E-state index contributed by atoms with van der Waals surface area (Å²) < 4.78 is 0. The van der Waals surface area contributed by atoms with Gasteiger partial charge in [0.2, 0.25) is 0 Å². The maximum atomic E-state index is 10.3. The van der Waals surface area contributed by atoms with Gasteiger partial charge in [-0.25, -0.2) is 0 Å². The van der Waals surface area contributed by atoms with Crippen LogP contribution >= 0.6 is 0 Å². The fourth-order valence-electron chi connectivity index (χ4n) is 3.24. The van der Waals surface area contributed by atoms with Gasteiger partial charge in [0.1, 0.15) is 17.2 Å². The zero-order valence-electron chi connectivity index (χ0n) is 16.7. The molecule has 0 saturated heterocycles. The van der Waals surface area contributed by atoms with Crippen molar-refractivity contribution in [3.05, 3.63) is 118 Å². The Hall–Kier alpha value is -4.31. The van der Waals surface area contributed by atoms with Crippen molar-refractivity contribution in [3.8, 4) is 17.2 Å². The van der Waals surface area contributed by atoms with Gasteiger partial charge in [0.25, 0.3) is 0 Å². The minimum Gasteiger partial charge on any atom is -0.507 e. The number of nitrogens with zero attached hydrogens (tertiary/aromatic N) is 1. The number of phenolic OH excluding ortho intramolecular Hbond substituents is 3. The molecule has 4 nitrogen and oxygen atoms in total. The third kappa shape index (κ3) is 4.65. The average molecular weight is 407 g/mol. The molecule has 0 aliphatic heterocycles. The summed E-state index contributed by atoms with van der Waals surface area (Å²) in [6.45, 7) is 0.